The van der Waals surface area contributed by atoms with Crippen LogP contribution in [0, 0.1) is 23.0 Å². The van der Waals surface area contributed by atoms with E-state index >= 15 is 0 Å². The lowest BCUT2D eigenvalue weighted by Gasteiger charge is -2.28. The third-order valence-corrected chi connectivity index (χ3v) is 4.98. The van der Waals surface area contributed by atoms with Crippen molar-refractivity contribution >= 4 is 17.7 Å². The van der Waals surface area contributed by atoms with E-state index in [1.54, 1.807) is 11.8 Å². The van der Waals surface area contributed by atoms with Gasteiger partial charge in [-0.2, -0.15) is 0 Å². The Kier molecular flexibility index (Phi) is 4.65. The first kappa shape index (κ1) is 14.8. The minimum absolute atomic E-state index is 0.134. The fraction of sp³-hybridized carbons (Fsp3) is 0.500. The van der Waals surface area contributed by atoms with E-state index in [-0.39, 0.29) is 5.25 Å². The molecule has 1 saturated carbocycles. The molecule has 1 fully saturated rings. The van der Waals surface area contributed by atoms with Gasteiger partial charge in [-0.1, -0.05) is 17.7 Å². The van der Waals surface area contributed by atoms with Gasteiger partial charge in [0.25, 0.3) is 0 Å². The monoisotopic (exact) mass is 295 g/mol. The van der Waals surface area contributed by atoms with Gasteiger partial charge in [-0.15, -0.1) is 11.8 Å². The quantitative estimate of drug-likeness (QED) is 0.682. The first-order chi connectivity index (χ1) is 9.47. The maximum Gasteiger partial charge on any atom is 0.313 e. The van der Waals surface area contributed by atoms with Crippen molar-refractivity contribution in [1.82, 2.24) is 0 Å². The van der Waals surface area contributed by atoms with E-state index in [2.05, 4.69) is 0 Å². The van der Waals surface area contributed by atoms with E-state index in [9.17, 15) is 14.9 Å². The number of carboxylic acid groups (broad SMARTS) is 1. The summed E-state index contributed by atoms with van der Waals surface area (Å²) in [4.78, 5) is 22.8. The molecule has 6 heteroatoms. The molecule has 1 aromatic rings. The zero-order valence-corrected chi connectivity index (χ0v) is 12.0. The van der Waals surface area contributed by atoms with Gasteiger partial charge in [0, 0.05) is 21.5 Å². The van der Waals surface area contributed by atoms with E-state index in [0.717, 1.165) is 4.90 Å². The Hall–Kier alpha value is -1.56. The number of rotatable bonds is 4. The molecule has 1 aliphatic carbocycles. The van der Waals surface area contributed by atoms with E-state index in [4.69, 9.17) is 5.11 Å². The van der Waals surface area contributed by atoms with Crippen LogP contribution in [0.15, 0.2) is 29.2 Å². The highest BCUT2D eigenvalue weighted by molar-refractivity contribution is 8.00. The molecule has 108 valence electrons. The second-order valence-electron chi connectivity index (χ2n) is 5.16. The van der Waals surface area contributed by atoms with Crippen molar-refractivity contribution in [1.29, 1.82) is 0 Å². The topological polar surface area (TPSA) is 80.4 Å². The molecule has 0 radical (unpaired) electrons. The lowest BCUT2D eigenvalue weighted by Crippen LogP contribution is -2.40. The van der Waals surface area contributed by atoms with Crippen molar-refractivity contribution in [3.63, 3.8) is 0 Å². The van der Waals surface area contributed by atoms with Crippen LogP contribution in [0.4, 0.5) is 0 Å². The van der Waals surface area contributed by atoms with Crippen LogP contribution in [-0.2, 0) is 4.79 Å². The summed E-state index contributed by atoms with van der Waals surface area (Å²) < 4.78 is 0. The average molecular weight is 295 g/mol. The predicted molar refractivity (Wildman–Crippen MR) is 76.6 cm³/mol. The SMILES string of the molecule is Cc1ccc(S[C@@H]2CC[C@H]([N+](=O)[O-])[C@@H](C(=O)O)C2)cc1. The summed E-state index contributed by atoms with van der Waals surface area (Å²) >= 11 is 1.62. The largest absolute Gasteiger partial charge is 0.481 e. The number of hydrogen-bond donors (Lipinski definition) is 1. The molecule has 1 aliphatic rings. The molecule has 1 N–H and O–H groups in total. The Morgan fingerprint density at radius 1 is 1.35 bits per heavy atom. The number of benzene rings is 1. The Balaban J connectivity index is 2.03. The molecule has 0 aliphatic heterocycles. The minimum Gasteiger partial charge on any atom is -0.481 e. The van der Waals surface area contributed by atoms with Crippen molar-refractivity contribution in [3.8, 4) is 0 Å². The molecule has 0 amide bonds. The summed E-state index contributed by atoms with van der Waals surface area (Å²) in [5.74, 6) is -1.93. The summed E-state index contributed by atoms with van der Waals surface area (Å²) in [7, 11) is 0. The van der Waals surface area contributed by atoms with Gasteiger partial charge < -0.3 is 5.11 Å². The molecule has 0 bridgehead atoms. The molecule has 0 spiro atoms. The molecule has 0 aromatic heterocycles. The normalized spacial score (nSPS) is 26.1. The molecular weight excluding hydrogens is 278 g/mol. The van der Waals surface area contributed by atoms with Crippen LogP contribution in [0.1, 0.15) is 24.8 Å². The number of aryl methyl sites for hydroxylation is 1. The second kappa shape index (κ2) is 6.26. The molecule has 0 saturated heterocycles. The Morgan fingerprint density at radius 3 is 2.55 bits per heavy atom. The van der Waals surface area contributed by atoms with Crippen molar-refractivity contribution in [2.75, 3.05) is 0 Å². The molecule has 5 nitrogen and oxygen atoms in total. The van der Waals surface area contributed by atoms with Gasteiger partial charge in [0.1, 0.15) is 5.92 Å². The van der Waals surface area contributed by atoms with Crippen LogP contribution in [0.2, 0.25) is 0 Å². The number of nitro groups is 1. The lowest BCUT2D eigenvalue weighted by molar-refractivity contribution is -0.532. The molecule has 0 unspecified atom stereocenters. The minimum atomic E-state index is -1.05. The van der Waals surface area contributed by atoms with E-state index in [1.165, 1.54) is 5.56 Å². The highest BCUT2D eigenvalue weighted by Crippen LogP contribution is 2.37. The van der Waals surface area contributed by atoms with Gasteiger partial charge in [-0.05, 0) is 31.9 Å². The smallest absolute Gasteiger partial charge is 0.313 e. The average Bonchev–Trinajstić information content (AvgIpc) is 2.41. The fourth-order valence-electron chi connectivity index (χ4n) is 2.55. The summed E-state index contributed by atoms with van der Waals surface area (Å²) in [5.41, 5.74) is 1.18. The second-order valence-corrected chi connectivity index (χ2v) is 6.54. The summed E-state index contributed by atoms with van der Waals surface area (Å²) in [5, 5.41) is 20.2. The first-order valence-corrected chi connectivity index (χ1v) is 7.45. The lowest BCUT2D eigenvalue weighted by atomic mass is 9.84. The molecular formula is C14H17NO4S. The van der Waals surface area contributed by atoms with Gasteiger partial charge >= 0.3 is 5.97 Å². The number of aliphatic carboxylic acids is 1. The van der Waals surface area contributed by atoms with Gasteiger partial charge in [0.05, 0.1) is 0 Å². The number of hydrogen-bond acceptors (Lipinski definition) is 4. The number of carbonyl (C=O) groups is 1. The van der Waals surface area contributed by atoms with E-state index in [0.29, 0.717) is 19.3 Å². The third-order valence-electron chi connectivity index (χ3n) is 3.68. The summed E-state index contributed by atoms with van der Waals surface area (Å²) in [6.45, 7) is 2.01. The number of carboxylic acids is 1. The highest BCUT2D eigenvalue weighted by Gasteiger charge is 2.42. The van der Waals surface area contributed by atoms with Crippen LogP contribution in [0.3, 0.4) is 0 Å². The van der Waals surface area contributed by atoms with Crippen LogP contribution in [-0.4, -0.2) is 27.3 Å². The van der Waals surface area contributed by atoms with Crippen LogP contribution < -0.4 is 0 Å². The van der Waals surface area contributed by atoms with Crippen molar-refractivity contribution < 1.29 is 14.8 Å². The van der Waals surface area contributed by atoms with Gasteiger partial charge in [0.2, 0.25) is 6.04 Å². The first-order valence-electron chi connectivity index (χ1n) is 6.57. The molecule has 1 aromatic carbocycles. The Morgan fingerprint density at radius 2 is 2.00 bits per heavy atom. The van der Waals surface area contributed by atoms with Crippen molar-refractivity contribution in [2.24, 2.45) is 5.92 Å². The molecule has 3 atom stereocenters. The summed E-state index contributed by atoms with van der Waals surface area (Å²) in [6, 6.07) is 7.10. The number of thioether (sulfide) groups is 1. The molecule has 2 rings (SSSR count). The van der Waals surface area contributed by atoms with Crippen LogP contribution >= 0.6 is 11.8 Å². The number of nitrogens with zero attached hydrogens (tertiary/aromatic N) is 1. The van der Waals surface area contributed by atoms with Gasteiger partial charge in [0.15, 0.2) is 0 Å². The molecule has 20 heavy (non-hydrogen) atoms. The fourth-order valence-corrected chi connectivity index (χ4v) is 3.79. The predicted octanol–water partition coefficient (Wildman–Crippen LogP) is 2.99. The van der Waals surface area contributed by atoms with E-state index in [1.807, 2.05) is 31.2 Å². The van der Waals surface area contributed by atoms with Gasteiger partial charge in [-0.25, -0.2) is 0 Å². The standard InChI is InChI=1S/C14H17NO4S/c1-9-2-4-10(5-3-9)20-11-6-7-13(15(18)19)12(8-11)14(16)17/h2-5,11-13H,6-8H2,1H3,(H,16,17)/t11-,12+,13+/m1/s1. The highest BCUT2D eigenvalue weighted by atomic mass is 32.2. The van der Waals surface area contributed by atoms with Crippen LogP contribution in [0.5, 0.6) is 0 Å². The van der Waals surface area contributed by atoms with Gasteiger partial charge in [-0.3, -0.25) is 14.9 Å². The molecule has 0 heterocycles. The third kappa shape index (κ3) is 3.50. The van der Waals surface area contributed by atoms with Crippen molar-refractivity contribution in [3.05, 3.63) is 39.9 Å². The zero-order chi connectivity index (χ0) is 14.7. The maximum absolute atomic E-state index is 11.2. The Bertz CT molecular complexity index is 502. The van der Waals surface area contributed by atoms with Crippen LogP contribution in [0.25, 0.3) is 0 Å². The van der Waals surface area contributed by atoms with E-state index < -0.39 is 22.9 Å². The summed E-state index contributed by atoms with van der Waals surface area (Å²) in [6.07, 6.45) is 1.39. The van der Waals surface area contributed by atoms with Crippen molar-refractivity contribution in [2.45, 2.75) is 42.4 Å². The Labute approximate surface area is 121 Å². The zero-order valence-electron chi connectivity index (χ0n) is 11.2. The maximum atomic E-state index is 11.2.